The summed E-state index contributed by atoms with van der Waals surface area (Å²) < 4.78 is 0. The highest BCUT2D eigenvalue weighted by atomic mass is 32.2. The van der Waals surface area contributed by atoms with Crippen molar-refractivity contribution in [3.8, 4) is 0 Å². The number of fused-ring (bicyclic) bond motifs is 2. The maximum Gasteiger partial charge on any atom is 0.230 e. The molecule has 27 heavy (non-hydrogen) atoms. The number of hydrogen-bond acceptors (Lipinski definition) is 4. The monoisotopic (exact) mass is 377 g/mol. The van der Waals surface area contributed by atoms with E-state index in [4.69, 9.17) is 0 Å². The number of hydrogen-bond donors (Lipinski definition) is 1. The fourth-order valence-corrected chi connectivity index (χ4v) is 4.43. The molecule has 4 rings (SSSR count). The molecule has 1 aliphatic rings. The molecule has 1 amide bonds. The van der Waals surface area contributed by atoms with Crippen molar-refractivity contribution in [2.24, 2.45) is 0 Å². The molecule has 4 nitrogen and oxygen atoms in total. The molecule has 5 heteroatoms. The Labute approximate surface area is 163 Å². The van der Waals surface area contributed by atoms with E-state index >= 15 is 0 Å². The van der Waals surface area contributed by atoms with Gasteiger partial charge in [0.2, 0.25) is 5.91 Å². The molecule has 1 aliphatic carbocycles. The van der Waals surface area contributed by atoms with E-state index in [0.29, 0.717) is 5.75 Å². The largest absolute Gasteiger partial charge is 0.349 e. The molecule has 3 aromatic rings. The normalized spacial score (nSPS) is 14.6. The molecule has 1 unspecified atom stereocenters. The number of rotatable bonds is 5. The average Bonchev–Trinajstić information content (AvgIpc) is 2.71. The Kier molecular flexibility index (Phi) is 5.39. The third-order valence-electron chi connectivity index (χ3n) is 5.13. The molecule has 0 saturated heterocycles. The van der Waals surface area contributed by atoms with Gasteiger partial charge in [-0.3, -0.25) is 4.79 Å². The molecule has 1 aromatic heterocycles. The average molecular weight is 378 g/mol. The summed E-state index contributed by atoms with van der Waals surface area (Å²) in [6, 6.07) is 14.6. The molecule has 0 spiro atoms. The van der Waals surface area contributed by atoms with Crippen LogP contribution >= 0.6 is 11.8 Å². The molecular weight excluding hydrogens is 354 g/mol. The first kappa shape index (κ1) is 18.0. The van der Waals surface area contributed by atoms with Crippen molar-refractivity contribution in [3.63, 3.8) is 0 Å². The van der Waals surface area contributed by atoms with Gasteiger partial charge in [-0.25, -0.2) is 0 Å². The fraction of sp³-hybridized carbons (Fsp3) is 0.318. The molecule has 0 bridgehead atoms. The highest BCUT2D eigenvalue weighted by Gasteiger charge is 2.15. The van der Waals surface area contributed by atoms with Crippen LogP contribution in [0.5, 0.6) is 0 Å². The fourth-order valence-electron chi connectivity index (χ4n) is 3.63. The minimum absolute atomic E-state index is 0.00364. The van der Waals surface area contributed by atoms with Crippen LogP contribution in [0.4, 0.5) is 0 Å². The maximum absolute atomic E-state index is 12.4. The predicted molar refractivity (Wildman–Crippen MR) is 110 cm³/mol. The van der Waals surface area contributed by atoms with Gasteiger partial charge >= 0.3 is 0 Å². The van der Waals surface area contributed by atoms with Gasteiger partial charge in [0.15, 0.2) is 0 Å². The summed E-state index contributed by atoms with van der Waals surface area (Å²) in [4.78, 5) is 12.4. The topological polar surface area (TPSA) is 54.9 Å². The number of aromatic nitrogens is 2. The molecule has 1 heterocycles. The smallest absolute Gasteiger partial charge is 0.230 e. The van der Waals surface area contributed by atoms with Crippen molar-refractivity contribution in [2.75, 3.05) is 5.75 Å². The van der Waals surface area contributed by atoms with Gasteiger partial charge in [0, 0.05) is 10.8 Å². The van der Waals surface area contributed by atoms with E-state index in [0.717, 1.165) is 22.2 Å². The quantitative estimate of drug-likeness (QED) is 0.666. The second-order valence-corrected chi connectivity index (χ2v) is 8.01. The molecular formula is C22H23N3OS. The second-order valence-electron chi connectivity index (χ2n) is 7.05. The zero-order chi connectivity index (χ0) is 18.6. The molecule has 0 radical (unpaired) electrons. The first-order chi connectivity index (χ1) is 13.2. The Morgan fingerprint density at radius 2 is 1.96 bits per heavy atom. The summed E-state index contributed by atoms with van der Waals surface area (Å²) in [6.45, 7) is 2.05. The minimum Gasteiger partial charge on any atom is -0.349 e. The van der Waals surface area contributed by atoms with E-state index in [2.05, 4.69) is 33.7 Å². The maximum atomic E-state index is 12.4. The Morgan fingerprint density at radius 3 is 2.85 bits per heavy atom. The highest BCUT2D eigenvalue weighted by Crippen LogP contribution is 2.26. The summed E-state index contributed by atoms with van der Waals surface area (Å²) in [5.41, 5.74) is 4.09. The van der Waals surface area contributed by atoms with Crippen LogP contribution in [0.25, 0.3) is 10.8 Å². The van der Waals surface area contributed by atoms with Crippen LogP contribution in [0.3, 0.4) is 0 Å². The Hall–Kier alpha value is -2.40. The zero-order valence-electron chi connectivity index (χ0n) is 15.4. The molecule has 2 aromatic carbocycles. The molecule has 1 N–H and O–H groups in total. The molecule has 0 saturated carbocycles. The van der Waals surface area contributed by atoms with Crippen molar-refractivity contribution < 1.29 is 4.79 Å². The summed E-state index contributed by atoms with van der Waals surface area (Å²) in [5, 5.41) is 14.2. The van der Waals surface area contributed by atoms with Crippen molar-refractivity contribution in [1.29, 1.82) is 0 Å². The first-order valence-electron chi connectivity index (χ1n) is 9.45. The van der Waals surface area contributed by atoms with E-state index in [1.165, 1.54) is 47.7 Å². The second kappa shape index (κ2) is 8.09. The number of carbonyl (C=O) groups excluding carboxylic acids is 1. The van der Waals surface area contributed by atoms with Crippen LogP contribution in [-0.4, -0.2) is 21.9 Å². The standard InChI is InChI=1S/C22H23N3OS/c1-15(17-11-10-16-6-2-3-7-18(16)12-17)24-21(26)14-27-22-20-9-5-4-8-19(20)13-23-25-22/h4-5,8-13,15H,2-3,6-7,14H2,1H3,(H,24,26). The molecule has 0 aliphatic heterocycles. The zero-order valence-corrected chi connectivity index (χ0v) is 16.3. The van der Waals surface area contributed by atoms with Gasteiger partial charge in [-0.15, -0.1) is 5.10 Å². The van der Waals surface area contributed by atoms with Gasteiger partial charge in [-0.05, 0) is 49.3 Å². The lowest BCUT2D eigenvalue weighted by atomic mass is 9.89. The van der Waals surface area contributed by atoms with Crippen LogP contribution in [0.1, 0.15) is 42.5 Å². The predicted octanol–water partition coefficient (Wildman–Crippen LogP) is 4.48. The van der Waals surface area contributed by atoms with E-state index in [9.17, 15) is 4.79 Å². The van der Waals surface area contributed by atoms with Crippen LogP contribution in [0.15, 0.2) is 53.7 Å². The summed E-state index contributed by atoms with van der Waals surface area (Å²) in [6.07, 6.45) is 6.63. The van der Waals surface area contributed by atoms with E-state index in [-0.39, 0.29) is 11.9 Å². The lowest BCUT2D eigenvalue weighted by Gasteiger charge is -2.20. The lowest BCUT2D eigenvalue weighted by molar-refractivity contribution is -0.119. The number of thioether (sulfide) groups is 1. The van der Waals surface area contributed by atoms with Gasteiger partial charge in [-0.1, -0.05) is 54.2 Å². The van der Waals surface area contributed by atoms with Crippen molar-refractivity contribution in [2.45, 2.75) is 43.7 Å². The number of carbonyl (C=O) groups is 1. The summed E-state index contributed by atoms with van der Waals surface area (Å²) in [7, 11) is 0. The number of benzene rings is 2. The van der Waals surface area contributed by atoms with Crippen molar-refractivity contribution in [3.05, 3.63) is 65.4 Å². The van der Waals surface area contributed by atoms with Crippen LogP contribution < -0.4 is 5.32 Å². The summed E-state index contributed by atoms with van der Waals surface area (Å²) in [5.74, 6) is 0.345. The number of aryl methyl sites for hydroxylation is 2. The van der Waals surface area contributed by atoms with Crippen LogP contribution in [-0.2, 0) is 17.6 Å². The molecule has 1 atom stereocenters. The van der Waals surface area contributed by atoms with Crippen molar-refractivity contribution in [1.82, 2.24) is 15.5 Å². The first-order valence-corrected chi connectivity index (χ1v) is 10.4. The van der Waals surface area contributed by atoms with E-state index in [1.54, 1.807) is 6.20 Å². The lowest BCUT2D eigenvalue weighted by Crippen LogP contribution is -2.28. The number of nitrogens with zero attached hydrogens (tertiary/aromatic N) is 2. The summed E-state index contributed by atoms with van der Waals surface area (Å²) >= 11 is 1.43. The van der Waals surface area contributed by atoms with Crippen LogP contribution in [0.2, 0.25) is 0 Å². The number of nitrogens with one attached hydrogen (secondary N) is 1. The highest BCUT2D eigenvalue weighted by molar-refractivity contribution is 8.00. The van der Waals surface area contributed by atoms with Gasteiger partial charge in [0.05, 0.1) is 18.0 Å². The Morgan fingerprint density at radius 1 is 1.15 bits per heavy atom. The minimum atomic E-state index is 0.00364. The van der Waals surface area contributed by atoms with Gasteiger partial charge in [-0.2, -0.15) is 5.10 Å². The SMILES string of the molecule is CC(NC(=O)CSc1nncc2ccccc12)c1ccc2c(c1)CCCC2. The van der Waals surface area contributed by atoms with Crippen LogP contribution in [0, 0.1) is 0 Å². The van der Waals surface area contributed by atoms with E-state index in [1.807, 2.05) is 31.2 Å². The molecule has 0 fully saturated rings. The third-order valence-corrected chi connectivity index (χ3v) is 6.11. The van der Waals surface area contributed by atoms with Gasteiger partial charge < -0.3 is 5.32 Å². The Balaban J connectivity index is 1.39. The third kappa shape index (κ3) is 4.14. The molecule has 138 valence electrons. The van der Waals surface area contributed by atoms with Gasteiger partial charge in [0.25, 0.3) is 0 Å². The Bertz CT molecular complexity index is 967. The van der Waals surface area contributed by atoms with Crippen molar-refractivity contribution >= 4 is 28.4 Å². The number of amides is 1. The van der Waals surface area contributed by atoms with E-state index < -0.39 is 0 Å². The van der Waals surface area contributed by atoms with Gasteiger partial charge in [0.1, 0.15) is 5.03 Å².